The van der Waals surface area contributed by atoms with E-state index in [9.17, 15) is 9.59 Å². The van der Waals surface area contributed by atoms with Crippen LogP contribution in [-0.2, 0) is 16.1 Å². The summed E-state index contributed by atoms with van der Waals surface area (Å²) in [4.78, 5) is 22.0. The molecule has 0 saturated heterocycles. The SMILES string of the molecule is COC(=O)c1ccccc1CNCCCC(N)=O. The van der Waals surface area contributed by atoms with Gasteiger partial charge in [-0.3, -0.25) is 4.79 Å². The van der Waals surface area contributed by atoms with Gasteiger partial charge >= 0.3 is 5.97 Å². The van der Waals surface area contributed by atoms with Gasteiger partial charge in [-0.2, -0.15) is 0 Å². The molecule has 1 aromatic carbocycles. The molecule has 1 rings (SSSR count). The highest BCUT2D eigenvalue weighted by molar-refractivity contribution is 5.90. The van der Waals surface area contributed by atoms with Crippen LogP contribution in [0.15, 0.2) is 24.3 Å². The molecule has 0 fully saturated rings. The summed E-state index contributed by atoms with van der Waals surface area (Å²) in [5.41, 5.74) is 6.48. The van der Waals surface area contributed by atoms with Crippen LogP contribution in [0.1, 0.15) is 28.8 Å². The molecule has 0 radical (unpaired) electrons. The van der Waals surface area contributed by atoms with Crippen LogP contribution in [0.3, 0.4) is 0 Å². The summed E-state index contributed by atoms with van der Waals surface area (Å²) in [5.74, 6) is -0.642. The molecule has 0 heterocycles. The van der Waals surface area contributed by atoms with Crippen molar-refractivity contribution in [3.8, 4) is 0 Å². The van der Waals surface area contributed by atoms with Gasteiger partial charge in [0.15, 0.2) is 0 Å². The van der Waals surface area contributed by atoms with Gasteiger partial charge in [-0.05, 0) is 24.6 Å². The number of carbonyl (C=O) groups is 2. The highest BCUT2D eigenvalue weighted by atomic mass is 16.5. The summed E-state index contributed by atoms with van der Waals surface area (Å²) >= 11 is 0. The molecule has 0 aliphatic heterocycles. The number of rotatable bonds is 7. The molecule has 1 amide bonds. The molecule has 0 bridgehead atoms. The minimum Gasteiger partial charge on any atom is -0.465 e. The molecule has 18 heavy (non-hydrogen) atoms. The fourth-order valence-electron chi connectivity index (χ4n) is 1.59. The molecule has 5 nitrogen and oxygen atoms in total. The normalized spacial score (nSPS) is 10.1. The third-order valence-electron chi connectivity index (χ3n) is 2.51. The number of nitrogens with one attached hydrogen (secondary N) is 1. The number of methoxy groups -OCH3 is 1. The molecule has 0 aliphatic carbocycles. The van der Waals surface area contributed by atoms with E-state index in [1.165, 1.54) is 7.11 Å². The lowest BCUT2D eigenvalue weighted by molar-refractivity contribution is -0.118. The highest BCUT2D eigenvalue weighted by Crippen LogP contribution is 2.09. The van der Waals surface area contributed by atoms with Gasteiger partial charge < -0.3 is 15.8 Å². The lowest BCUT2D eigenvalue weighted by atomic mass is 10.1. The van der Waals surface area contributed by atoms with Crippen molar-refractivity contribution in [2.24, 2.45) is 5.73 Å². The zero-order chi connectivity index (χ0) is 13.4. The fraction of sp³-hybridized carbons (Fsp3) is 0.385. The molecular weight excluding hydrogens is 232 g/mol. The quantitative estimate of drug-likeness (QED) is 0.554. The Morgan fingerprint density at radius 2 is 2.06 bits per heavy atom. The van der Waals surface area contributed by atoms with E-state index in [4.69, 9.17) is 10.5 Å². The first-order valence-electron chi connectivity index (χ1n) is 5.80. The predicted molar refractivity (Wildman–Crippen MR) is 67.9 cm³/mol. The van der Waals surface area contributed by atoms with Gasteiger partial charge in [0.2, 0.25) is 5.91 Å². The first-order valence-corrected chi connectivity index (χ1v) is 5.80. The molecule has 1 aromatic rings. The van der Waals surface area contributed by atoms with E-state index in [0.717, 1.165) is 5.56 Å². The van der Waals surface area contributed by atoms with E-state index in [2.05, 4.69) is 5.32 Å². The Bertz CT molecular complexity index is 418. The van der Waals surface area contributed by atoms with Gasteiger partial charge in [-0.15, -0.1) is 0 Å². The van der Waals surface area contributed by atoms with E-state index in [-0.39, 0.29) is 11.9 Å². The van der Waals surface area contributed by atoms with E-state index in [1.807, 2.05) is 12.1 Å². The van der Waals surface area contributed by atoms with Crippen molar-refractivity contribution in [2.75, 3.05) is 13.7 Å². The first kappa shape index (κ1) is 14.2. The molecule has 0 aliphatic rings. The summed E-state index contributed by atoms with van der Waals surface area (Å²) in [7, 11) is 1.36. The molecule has 0 aromatic heterocycles. The average Bonchev–Trinajstić information content (AvgIpc) is 2.37. The maximum absolute atomic E-state index is 11.5. The van der Waals surface area contributed by atoms with Crippen LogP contribution in [0, 0.1) is 0 Å². The summed E-state index contributed by atoms with van der Waals surface area (Å²) in [5, 5.41) is 3.16. The standard InChI is InChI=1S/C13H18N2O3/c1-18-13(17)11-6-3-2-5-10(11)9-15-8-4-7-12(14)16/h2-3,5-6,15H,4,7-9H2,1H3,(H2,14,16). The second-order valence-corrected chi connectivity index (χ2v) is 3.90. The predicted octanol–water partition coefficient (Wildman–Crippen LogP) is 0.828. The summed E-state index contributed by atoms with van der Waals surface area (Å²) in [6, 6.07) is 7.26. The van der Waals surface area contributed by atoms with Crippen LogP contribution in [0.5, 0.6) is 0 Å². The zero-order valence-electron chi connectivity index (χ0n) is 10.4. The number of esters is 1. The third kappa shape index (κ3) is 4.55. The molecular formula is C13H18N2O3. The van der Waals surface area contributed by atoms with Crippen LogP contribution in [0.2, 0.25) is 0 Å². The Labute approximate surface area is 106 Å². The molecule has 5 heteroatoms. The van der Waals surface area contributed by atoms with Gasteiger partial charge in [0.1, 0.15) is 0 Å². The molecule has 0 spiro atoms. The largest absolute Gasteiger partial charge is 0.465 e. The Morgan fingerprint density at radius 3 is 2.72 bits per heavy atom. The fourth-order valence-corrected chi connectivity index (χ4v) is 1.59. The van der Waals surface area contributed by atoms with Gasteiger partial charge in [-0.25, -0.2) is 4.79 Å². The monoisotopic (exact) mass is 250 g/mol. The van der Waals surface area contributed by atoms with Crippen LogP contribution < -0.4 is 11.1 Å². The third-order valence-corrected chi connectivity index (χ3v) is 2.51. The summed E-state index contributed by atoms with van der Waals surface area (Å²) < 4.78 is 4.71. The zero-order valence-corrected chi connectivity index (χ0v) is 10.4. The Morgan fingerprint density at radius 1 is 1.33 bits per heavy atom. The van der Waals surface area contributed by atoms with Crippen molar-refractivity contribution in [1.29, 1.82) is 0 Å². The molecule has 98 valence electrons. The molecule has 0 saturated carbocycles. The number of hydrogen-bond acceptors (Lipinski definition) is 4. The van der Waals surface area contributed by atoms with Gasteiger partial charge in [0.05, 0.1) is 12.7 Å². The van der Waals surface area contributed by atoms with Crippen molar-refractivity contribution in [3.05, 3.63) is 35.4 Å². The second-order valence-electron chi connectivity index (χ2n) is 3.90. The van der Waals surface area contributed by atoms with E-state index >= 15 is 0 Å². The first-order chi connectivity index (χ1) is 8.65. The number of ether oxygens (including phenoxy) is 1. The molecule has 3 N–H and O–H groups in total. The van der Waals surface area contributed by atoms with E-state index in [0.29, 0.717) is 31.5 Å². The van der Waals surface area contributed by atoms with Crippen molar-refractivity contribution >= 4 is 11.9 Å². The van der Waals surface area contributed by atoms with Gasteiger partial charge in [-0.1, -0.05) is 18.2 Å². The Kier molecular flexibility index (Phi) is 5.87. The van der Waals surface area contributed by atoms with Crippen LogP contribution in [0.25, 0.3) is 0 Å². The maximum atomic E-state index is 11.5. The maximum Gasteiger partial charge on any atom is 0.338 e. The van der Waals surface area contributed by atoms with Crippen LogP contribution >= 0.6 is 0 Å². The minimum atomic E-state index is -0.343. The number of benzene rings is 1. The molecule has 0 atom stereocenters. The number of amides is 1. The van der Waals surface area contributed by atoms with Crippen molar-refractivity contribution in [2.45, 2.75) is 19.4 Å². The number of primary amides is 1. The Hall–Kier alpha value is -1.88. The Balaban J connectivity index is 2.46. The number of carbonyl (C=O) groups excluding carboxylic acids is 2. The summed E-state index contributed by atoms with van der Waals surface area (Å²) in [6.45, 7) is 1.24. The van der Waals surface area contributed by atoms with Crippen molar-refractivity contribution < 1.29 is 14.3 Å². The van der Waals surface area contributed by atoms with Crippen molar-refractivity contribution in [1.82, 2.24) is 5.32 Å². The van der Waals surface area contributed by atoms with E-state index in [1.54, 1.807) is 12.1 Å². The van der Waals surface area contributed by atoms with Gasteiger partial charge in [0.25, 0.3) is 0 Å². The van der Waals surface area contributed by atoms with E-state index < -0.39 is 0 Å². The minimum absolute atomic E-state index is 0.299. The second kappa shape index (κ2) is 7.45. The van der Waals surface area contributed by atoms with Crippen LogP contribution in [0.4, 0.5) is 0 Å². The lowest BCUT2D eigenvalue weighted by Gasteiger charge is -2.08. The van der Waals surface area contributed by atoms with Crippen LogP contribution in [-0.4, -0.2) is 25.5 Å². The average molecular weight is 250 g/mol. The number of hydrogen-bond donors (Lipinski definition) is 2. The van der Waals surface area contributed by atoms with Gasteiger partial charge in [0, 0.05) is 13.0 Å². The smallest absolute Gasteiger partial charge is 0.338 e. The lowest BCUT2D eigenvalue weighted by Crippen LogP contribution is -2.19. The molecule has 0 unspecified atom stereocenters. The summed E-state index contributed by atoms with van der Waals surface area (Å²) in [6.07, 6.45) is 1.06. The van der Waals surface area contributed by atoms with Crippen molar-refractivity contribution in [3.63, 3.8) is 0 Å². The topological polar surface area (TPSA) is 81.4 Å². The highest BCUT2D eigenvalue weighted by Gasteiger charge is 2.09. The number of nitrogens with two attached hydrogens (primary N) is 1.